The molecule has 12 amide bonds. The van der Waals surface area contributed by atoms with Gasteiger partial charge in [0.1, 0.15) is 72.7 Å². The van der Waals surface area contributed by atoms with Crippen molar-refractivity contribution in [3.63, 3.8) is 0 Å². The molecule has 1 heterocycles. The number of aromatic amines is 1. The number of nitrogens with zero attached hydrogens (tertiary/aromatic N) is 1. The Hall–Kier alpha value is -11.4. The second kappa shape index (κ2) is 49.4. The molecule has 0 aliphatic heterocycles. The van der Waals surface area contributed by atoms with Gasteiger partial charge in [0.05, 0.1) is 55.6 Å². The fraction of sp³-hybridized carbons (Fsp3) is 0.461. The van der Waals surface area contributed by atoms with Gasteiger partial charge in [-0.3, -0.25) is 72.5 Å². The number of carbonyl (C=O) groups is 14. The number of aromatic hydroxyl groups is 1. The highest BCUT2D eigenvalue weighted by atomic mass is 32.2. The molecular formula is C76H106N18O20S2. The number of phenolic OH excluding ortho intramolecular Hbond substituents is 1. The van der Waals surface area contributed by atoms with Gasteiger partial charge in [-0.1, -0.05) is 91.0 Å². The summed E-state index contributed by atoms with van der Waals surface area (Å²) in [6, 6.07) is 11.5. The number of para-hydroxylation sites is 1. The fourth-order valence-corrected chi connectivity index (χ4v) is 12.7. The Morgan fingerprint density at radius 2 is 1.07 bits per heavy atom. The van der Waals surface area contributed by atoms with Crippen LogP contribution in [0.1, 0.15) is 88.0 Å². The summed E-state index contributed by atoms with van der Waals surface area (Å²) in [4.78, 5) is 199. The zero-order valence-corrected chi connectivity index (χ0v) is 66.5. The van der Waals surface area contributed by atoms with E-state index < -0.39 is 194 Å². The van der Waals surface area contributed by atoms with Crippen LogP contribution in [0.3, 0.4) is 0 Å². The van der Waals surface area contributed by atoms with E-state index in [2.05, 4.69) is 68.8 Å². The van der Waals surface area contributed by atoms with E-state index in [1.165, 1.54) is 56.9 Å². The first-order chi connectivity index (χ1) is 55.2. The third-order valence-corrected chi connectivity index (χ3v) is 19.5. The van der Waals surface area contributed by atoms with Gasteiger partial charge in [-0.25, -0.2) is 0 Å². The molecule has 38 nitrogen and oxygen atoms in total. The van der Waals surface area contributed by atoms with Crippen molar-refractivity contribution in [2.45, 2.75) is 169 Å². The third-order valence-electron chi connectivity index (χ3n) is 18.1. The summed E-state index contributed by atoms with van der Waals surface area (Å²) in [5, 5.41) is 89.5. The lowest BCUT2D eigenvalue weighted by molar-refractivity contribution is -0.145. The van der Waals surface area contributed by atoms with Crippen LogP contribution in [0.4, 0.5) is 0 Å². The molecule has 5 rings (SSSR count). The van der Waals surface area contributed by atoms with Crippen LogP contribution in [0, 0.1) is 5.41 Å². The van der Waals surface area contributed by atoms with Gasteiger partial charge in [0, 0.05) is 50.0 Å². The summed E-state index contributed by atoms with van der Waals surface area (Å²) in [6.45, 7) is 1.09. The Balaban J connectivity index is 1.43. The van der Waals surface area contributed by atoms with Gasteiger partial charge < -0.3 is 121 Å². The van der Waals surface area contributed by atoms with E-state index in [1.54, 1.807) is 97.4 Å². The number of carboxylic acids is 1. The van der Waals surface area contributed by atoms with Crippen molar-refractivity contribution < 1.29 is 96.8 Å². The molecule has 116 heavy (non-hydrogen) atoms. The lowest BCUT2D eigenvalue weighted by Crippen LogP contribution is -2.62. The summed E-state index contributed by atoms with van der Waals surface area (Å²) in [5.74, 6) is -14.6. The molecule has 0 radical (unpaired) electrons. The van der Waals surface area contributed by atoms with Crippen LogP contribution in [0.15, 0.2) is 115 Å². The number of H-pyrrole nitrogens is 1. The van der Waals surface area contributed by atoms with Gasteiger partial charge >= 0.3 is 11.9 Å². The molecule has 1 aromatic heterocycles. The molecule has 0 aliphatic rings. The van der Waals surface area contributed by atoms with Crippen LogP contribution >= 0.6 is 23.8 Å². The maximum absolute atomic E-state index is 15.1. The van der Waals surface area contributed by atoms with E-state index in [-0.39, 0.29) is 76.0 Å². The van der Waals surface area contributed by atoms with Crippen molar-refractivity contribution in [1.82, 2.24) is 73.7 Å². The Morgan fingerprint density at radius 3 is 1.66 bits per heavy atom. The Kier molecular flexibility index (Phi) is 40.5. The average Bonchev–Trinajstić information content (AvgIpc) is 1.67. The number of unbranched alkanes of at least 4 members (excludes halogenated alkanes) is 1. The summed E-state index contributed by atoms with van der Waals surface area (Å²) < 4.78 is 5.43. The van der Waals surface area contributed by atoms with E-state index >= 15 is 4.79 Å². The van der Waals surface area contributed by atoms with Gasteiger partial charge in [0.15, 0.2) is 5.96 Å². The lowest BCUT2D eigenvalue weighted by Gasteiger charge is -2.31. The van der Waals surface area contributed by atoms with Gasteiger partial charge in [-0.2, -0.15) is 11.8 Å². The number of aliphatic hydroxyl groups excluding tert-OH is 3. The number of thioether (sulfide) groups is 1. The number of guanidine groups is 1. The first-order valence-corrected chi connectivity index (χ1v) is 39.5. The molecule has 0 saturated heterocycles. The number of aliphatic carboxylic acids is 1. The van der Waals surface area contributed by atoms with E-state index in [1.807, 2.05) is 0 Å². The van der Waals surface area contributed by atoms with E-state index in [0.717, 1.165) is 17.4 Å². The smallest absolute Gasteiger partial charge is 0.322 e. The maximum atomic E-state index is 15.1. The number of fused-ring (bicyclic) bond motifs is 1. The molecule has 0 bridgehead atoms. The van der Waals surface area contributed by atoms with Crippen molar-refractivity contribution in [3.05, 3.63) is 138 Å². The molecule has 4 aromatic carbocycles. The minimum absolute atomic E-state index is 0.0230. The monoisotopic (exact) mass is 1650 g/mol. The lowest BCUT2D eigenvalue weighted by atomic mass is 10.0. The van der Waals surface area contributed by atoms with E-state index in [0.29, 0.717) is 51.8 Å². The highest BCUT2D eigenvalue weighted by Crippen LogP contribution is 2.22. The molecule has 632 valence electrons. The molecule has 0 unspecified atom stereocenters. The molecule has 5 aromatic rings. The fourth-order valence-electron chi connectivity index (χ4n) is 11.6. The number of carbonyl (C=O) groups excluding carboxylic acids is 13. The van der Waals surface area contributed by atoms with Gasteiger partial charge in [-0.05, 0) is 118 Å². The highest BCUT2D eigenvalue weighted by molar-refractivity contribution is 7.98. The summed E-state index contributed by atoms with van der Waals surface area (Å²) in [6.07, 6.45) is -1.19. The topological polar surface area (TPSA) is 615 Å². The van der Waals surface area contributed by atoms with Crippen molar-refractivity contribution in [1.29, 1.82) is 5.41 Å². The highest BCUT2D eigenvalue weighted by Gasteiger charge is 2.40. The number of aromatic nitrogens is 1. The first-order valence-electron chi connectivity index (χ1n) is 37.2. The minimum atomic E-state index is -1.98. The predicted octanol–water partition coefficient (Wildman–Crippen LogP) is -3.56. The standard InChI is InChI=1S/C76H106N18O20S2/c1-42(85-67(105)53(23-14-15-30-77)86-74(112)64(44(3)97)93-68(106)54(24-16-31-81-76(79)80)87-73(111)63(43(2)96)92-66(104)51(78)29-32-115-5)65(103)88-55(33-46-25-27-49(98)28-26-46)69(107)89-56(35-48-37-82-52-22-13-12-21-50(48)52)70(108)91-58(40-95)71(109)90-57(36-62(102)114-116-41-47-19-10-7-11-20-47)75(113)94(4)59(34-45-17-8-6-9-18-45)72(110)84-38-60(99)83-39-61(100)101/h6-13,17-22,25-28,37,42-44,51,53-59,63-64,82,95-98H,14-16,23-24,29-36,38-41,77-78H2,1-5H3,(H,83,99)(H,84,110)(H,85,105)(H,86,112)(H,87,111)(H,88,103)(H,89,107)(H,90,109)(H,91,108)(H,92,104)(H,93,106)(H,100,101)(H4,79,80,81)/t42-,43+,44+,51-,53-,54-,55-,56-,57-,58-,59-,63-,64-/m0/s1. The minimum Gasteiger partial charge on any atom is -0.508 e. The number of benzene rings is 4. The predicted molar refractivity (Wildman–Crippen MR) is 429 cm³/mol. The zero-order valence-electron chi connectivity index (χ0n) is 64.9. The number of phenols is 1. The maximum Gasteiger partial charge on any atom is 0.322 e. The number of hydrogen-bond acceptors (Lipinski definition) is 24. The molecule has 13 atom stereocenters. The Labute approximate surface area is 678 Å². The number of amides is 12. The SMILES string of the molecule is CSCC[C@H](N)C(=O)N[C@H](C(=O)N[C@@H](CCCNC(=N)N)C(=O)N[C@H](C(=O)N[C@@H](CCCCN)C(=O)N[C@@H](C)C(=O)N[C@@H](Cc1ccc(O)cc1)C(=O)N[C@@H](Cc1c[nH]c2ccccc12)C(=O)N[C@@H](CO)C(=O)N[C@@H](CC(=O)OSCc1ccccc1)C(=O)N(C)[C@@H](Cc1ccccc1)C(=O)NCC(=O)NCC(=O)O)[C@@H](C)O)[C@@H](C)O. The van der Waals surface area contributed by atoms with Crippen molar-refractivity contribution in [2.75, 3.05) is 51.8 Å². The number of carboxylic acid groups (broad SMARTS) is 1. The van der Waals surface area contributed by atoms with Crippen LogP contribution in [0.2, 0.25) is 0 Å². The zero-order chi connectivity index (χ0) is 85.6. The third kappa shape index (κ3) is 32.5. The first kappa shape index (κ1) is 95.2. The van der Waals surface area contributed by atoms with Gasteiger partial charge in [-0.15, -0.1) is 0 Å². The number of rotatable bonds is 50. The molecule has 0 aliphatic carbocycles. The summed E-state index contributed by atoms with van der Waals surface area (Å²) in [7, 11) is 1.18. The molecule has 0 fully saturated rings. The second-order valence-electron chi connectivity index (χ2n) is 27.3. The van der Waals surface area contributed by atoms with Crippen LogP contribution in [0.5, 0.6) is 5.75 Å². The molecular weight excluding hydrogens is 1550 g/mol. The summed E-state index contributed by atoms with van der Waals surface area (Å²) in [5.41, 5.74) is 19.9. The van der Waals surface area contributed by atoms with Gasteiger partial charge in [0.25, 0.3) is 0 Å². The van der Waals surface area contributed by atoms with Crippen LogP contribution < -0.4 is 81.0 Å². The van der Waals surface area contributed by atoms with Crippen molar-refractivity contribution in [3.8, 4) is 5.75 Å². The summed E-state index contributed by atoms with van der Waals surface area (Å²) >= 11 is 2.13. The second-order valence-corrected chi connectivity index (χ2v) is 28.9. The van der Waals surface area contributed by atoms with E-state index in [9.17, 15) is 82.8 Å². The van der Waals surface area contributed by atoms with Crippen LogP contribution in [-0.2, 0) is 96.3 Å². The average molecular weight is 1660 g/mol. The van der Waals surface area contributed by atoms with Gasteiger partial charge in [0.2, 0.25) is 70.9 Å². The molecule has 40 heteroatoms. The molecule has 25 N–H and O–H groups in total. The van der Waals surface area contributed by atoms with Crippen LogP contribution in [0.25, 0.3) is 10.9 Å². The number of hydrogen-bond donors (Lipinski definition) is 22. The van der Waals surface area contributed by atoms with Crippen molar-refractivity contribution in [2.24, 2.45) is 17.2 Å². The quantitative estimate of drug-likeness (QED) is 0.00775. The normalized spacial score (nSPS) is 14.4. The largest absolute Gasteiger partial charge is 0.508 e. The molecule has 0 saturated carbocycles. The Morgan fingerprint density at radius 1 is 0.552 bits per heavy atom. The molecule has 0 spiro atoms. The number of likely N-dealkylation sites (N-methyl/N-ethyl adjacent to an activating group) is 1. The van der Waals surface area contributed by atoms with E-state index in [4.69, 9.17) is 31.9 Å². The number of aliphatic hydroxyl groups is 3. The number of nitrogens with one attached hydrogen (secondary N) is 14. The Bertz CT molecular complexity index is 4130. The van der Waals surface area contributed by atoms with Crippen molar-refractivity contribution >= 4 is 123 Å². The number of nitrogens with two attached hydrogens (primary N) is 3. The van der Waals surface area contributed by atoms with Crippen LogP contribution in [-0.4, -0.2) is 255 Å².